The van der Waals surface area contributed by atoms with Gasteiger partial charge in [-0.25, -0.2) is 18.2 Å². The lowest BCUT2D eigenvalue weighted by molar-refractivity contribution is -0.144. The number of hydrogen-bond acceptors (Lipinski definition) is 13. The van der Waals surface area contributed by atoms with Crippen molar-refractivity contribution in [2.45, 2.75) is 110 Å². The first-order chi connectivity index (χ1) is 39.1. The number of carbonyl (C=O) groups excluding carboxylic acids is 5. The minimum Gasteiger partial charge on any atom is -0.491 e. The van der Waals surface area contributed by atoms with Gasteiger partial charge in [-0.15, -0.1) is 11.3 Å². The van der Waals surface area contributed by atoms with E-state index in [0.29, 0.717) is 18.4 Å². The number of imide groups is 1. The molecule has 9 rings (SSSR count). The second kappa shape index (κ2) is 25.4. The Morgan fingerprint density at radius 1 is 0.829 bits per heavy atom. The molecule has 82 heavy (non-hydrogen) atoms. The Kier molecular flexibility index (Phi) is 18.5. The van der Waals surface area contributed by atoms with Crippen molar-refractivity contribution in [1.82, 2.24) is 30.3 Å². The molecular weight excluding hydrogens is 1080 g/mol. The molecule has 0 radical (unpaired) electrons. The maximum Gasteiger partial charge on any atom is 0.261 e. The lowest BCUT2D eigenvalue weighted by Gasteiger charge is -2.44. The molecule has 436 valence electrons. The number of halogens is 3. The quantitative estimate of drug-likeness (QED) is 0.0420. The number of carbonyl (C=O) groups is 5. The van der Waals surface area contributed by atoms with E-state index in [-0.39, 0.29) is 94.2 Å². The number of amides is 5. The zero-order valence-electron chi connectivity index (χ0n) is 47.3. The lowest BCUT2D eigenvalue weighted by atomic mass is 9.84. The Morgan fingerprint density at radius 2 is 1.44 bits per heavy atom. The number of aliphatic hydroxyl groups is 1. The van der Waals surface area contributed by atoms with Crippen molar-refractivity contribution in [3.8, 4) is 16.2 Å². The number of ether oxygens (including phenoxy) is 4. The number of hydrogen-bond donors (Lipinski definition) is 3. The second-order valence-electron chi connectivity index (χ2n) is 23.1. The second-order valence-corrected chi connectivity index (χ2v) is 23.9. The molecular formula is C62H71F3N6O10S. The highest BCUT2D eigenvalue weighted by atomic mass is 32.1. The van der Waals surface area contributed by atoms with Crippen LogP contribution < -0.4 is 15.4 Å². The number of likely N-dealkylation sites (tertiary alicyclic amines) is 1. The number of nitrogens with one attached hydrogen (secondary N) is 2. The highest BCUT2D eigenvalue weighted by Crippen LogP contribution is 2.50. The number of β-amino-alcohol motifs (C(OH)–C–C–N with tert-alkyl or cyclic N) is 1. The van der Waals surface area contributed by atoms with Crippen LogP contribution in [0.5, 0.6) is 5.75 Å². The van der Waals surface area contributed by atoms with Crippen LogP contribution in [0.3, 0.4) is 0 Å². The van der Waals surface area contributed by atoms with Crippen LogP contribution in [0.25, 0.3) is 16.0 Å². The number of aryl methyl sites for hydroxylation is 1. The molecule has 20 heteroatoms. The summed E-state index contributed by atoms with van der Waals surface area (Å²) in [6.07, 6.45) is 0.0292. The van der Waals surface area contributed by atoms with Crippen molar-refractivity contribution in [2.24, 2.45) is 5.41 Å². The van der Waals surface area contributed by atoms with Crippen LogP contribution in [-0.2, 0) is 35.0 Å². The summed E-state index contributed by atoms with van der Waals surface area (Å²) in [5, 5.41) is 16.7. The van der Waals surface area contributed by atoms with Gasteiger partial charge in [0.2, 0.25) is 17.7 Å². The van der Waals surface area contributed by atoms with Crippen LogP contribution in [0.2, 0.25) is 0 Å². The van der Waals surface area contributed by atoms with Crippen LogP contribution in [0.1, 0.15) is 115 Å². The third-order valence-corrected chi connectivity index (χ3v) is 16.3. The summed E-state index contributed by atoms with van der Waals surface area (Å²) in [6.45, 7) is 11.9. The van der Waals surface area contributed by atoms with E-state index in [1.807, 2.05) is 55.1 Å². The van der Waals surface area contributed by atoms with Crippen molar-refractivity contribution >= 4 is 46.4 Å². The number of thiazole rings is 1. The standard InChI is InChI=1S/C62H71F3N6O10S/c1-36-26-46-43-13-9-8-12-40(43)27-47(46)54(71(36)34-62(6,7)65)53-48(63)29-42(30-49(53)64)81-25-24-79-21-20-78-22-23-80-33-52(73)68-56(61(3,4)5)60(77)69-31-41(72)28-51(69)57(74)67-50(32-70-58(75)44-14-10-11-15-45(44)59(70)76)38-16-18-39(19-17-38)55-37(2)66-35-82-55/h8-19,29-30,35-36,41,50-51,54,56,72H,20-28,31-34H2,1-7H3,(H,67,74)(H,68,73)/t36-,41-,50+,51+,54?,56-/m1/s1. The van der Waals surface area contributed by atoms with Gasteiger partial charge in [-0.3, -0.25) is 33.8 Å². The number of benzene rings is 4. The van der Waals surface area contributed by atoms with Gasteiger partial charge in [0.05, 0.1) is 85.0 Å². The van der Waals surface area contributed by atoms with Gasteiger partial charge in [0.1, 0.15) is 48.4 Å². The van der Waals surface area contributed by atoms with Gasteiger partial charge in [0, 0.05) is 43.2 Å². The van der Waals surface area contributed by atoms with Gasteiger partial charge < -0.3 is 39.6 Å². The summed E-state index contributed by atoms with van der Waals surface area (Å²) >= 11 is 1.48. The maximum absolute atomic E-state index is 16.1. The molecule has 16 nitrogen and oxygen atoms in total. The summed E-state index contributed by atoms with van der Waals surface area (Å²) in [5.41, 5.74) is 6.15. The molecule has 0 spiro atoms. The first kappa shape index (κ1) is 59.8. The van der Waals surface area contributed by atoms with E-state index in [1.54, 1.807) is 62.7 Å². The van der Waals surface area contributed by atoms with Gasteiger partial charge in [-0.1, -0.05) is 81.4 Å². The molecule has 1 saturated heterocycles. The number of alkyl halides is 1. The van der Waals surface area contributed by atoms with Gasteiger partial charge >= 0.3 is 0 Å². The molecule has 1 aromatic heterocycles. The fourth-order valence-electron chi connectivity index (χ4n) is 11.4. The monoisotopic (exact) mass is 1150 g/mol. The summed E-state index contributed by atoms with van der Waals surface area (Å²) in [6, 6.07) is 20.0. The number of nitrogens with zero attached hydrogens (tertiary/aromatic N) is 4. The molecule has 0 saturated carbocycles. The third kappa shape index (κ3) is 13.5. The normalized spacial score (nSPS) is 19.7. The Labute approximate surface area is 480 Å². The number of rotatable bonds is 23. The van der Waals surface area contributed by atoms with E-state index < -0.39 is 89.1 Å². The van der Waals surface area contributed by atoms with Crippen molar-refractivity contribution in [2.75, 3.05) is 65.9 Å². The number of aromatic nitrogens is 1. The predicted octanol–water partition coefficient (Wildman–Crippen LogP) is 8.37. The van der Waals surface area contributed by atoms with Crippen LogP contribution in [0, 0.1) is 24.0 Å². The molecule has 1 aliphatic carbocycles. The molecule has 3 aliphatic heterocycles. The molecule has 3 N–H and O–H groups in total. The summed E-state index contributed by atoms with van der Waals surface area (Å²) in [7, 11) is 0. The average Bonchev–Trinajstić information content (AvgIpc) is 2.65. The lowest BCUT2D eigenvalue weighted by Crippen LogP contribution is -2.58. The van der Waals surface area contributed by atoms with Crippen molar-refractivity contribution in [3.05, 3.63) is 147 Å². The molecule has 1 fully saturated rings. The van der Waals surface area contributed by atoms with E-state index >= 15 is 13.2 Å². The van der Waals surface area contributed by atoms with Gasteiger partial charge in [-0.05, 0) is 91.5 Å². The zero-order chi connectivity index (χ0) is 58.6. The van der Waals surface area contributed by atoms with Crippen molar-refractivity contribution in [3.63, 3.8) is 0 Å². The van der Waals surface area contributed by atoms with E-state index in [9.17, 15) is 29.1 Å². The summed E-state index contributed by atoms with van der Waals surface area (Å²) in [4.78, 5) is 78.7. The smallest absolute Gasteiger partial charge is 0.261 e. The highest BCUT2D eigenvalue weighted by Gasteiger charge is 2.47. The molecule has 4 aliphatic rings. The van der Waals surface area contributed by atoms with Crippen LogP contribution in [0.4, 0.5) is 13.2 Å². The molecule has 4 heterocycles. The van der Waals surface area contributed by atoms with Crippen LogP contribution >= 0.6 is 11.3 Å². The first-order valence-electron chi connectivity index (χ1n) is 27.7. The fraction of sp³-hybridized carbons (Fsp3) is 0.452. The van der Waals surface area contributed by atoms with Crippen molar-refractivity contribution < 1.29 is 61.2 Å². The van der Waals surface area contributed by atoms with E-state index in [1.165, 1.54) is 30.1 Å². The third-order valence-electron chi connectivity index (χ3n) is 15.4. The minimum atomic E-state index is -1.60. The first-order valence-corrected chi connectivity index (χ1v) is 28.6. The van der Waals surface area contributed by atoms with Gasteiger partial charge in [-0.2, -0.15) is 0 Å². The number of aliphatic hydroxyl groups excluding tert-OH is 1. The Morgan fingerprint density at radius 3 is 2.05 bits per heavy atom. The highest BCUT2D eigenvalue weighted by molar-refractivity contribution is 7.13. The SMILES string of the molecule is Cc1ncsc1-c1ccc([C@H](CN2C(=O)c3ccccc3C2=O)NC(=O)[C@@H]2C[C@@H](O)CN2C(=O)[C@@H](NC(=O)COCCOCCOCCOc2cc(F)c(C3C4=C(C[C@@H](C)N3CC(C)(C)F)c3ccccc3C4)c(F)c2)C(C)(C)C)cc1. The van der Waals surface area contributed by atoms with E-state index in [0.717, 1.165) is 55.4 Å². The predicted molar refractivity (Wildman–Crippen MR) is 303 cm³/mol. The van der Waals surface area contributed by atoms with Crippen LogP contribution in [0.15, 0.2) is 96.0 Å². The molecule has 5 aromatic rings. The molecule has 4 aromatic carbocycles. The molecule has 6 atom stereocenters. The topological polar surface area (TPSA) is 189 Å². The zero-order valence-corrected chi connectivity index (χ0v) is 48.1. The molecule has 1 unspecified atom stereocenters. The van der Waals surface area contributed by atoms with Gasteiger partial charge in [0.15, 0.2) is 0 Å². The number of fused-ring (bicyclic) bond motifs is 3. The fourth-order valence-corrected chi connectivity index (χ4v) is 12.2. The van der Waals surface area contributed by atoms with Crippen molar-refractivity contribution in [1.29, 1.82) is 0 Å². The summed E-state index contributed by atoms with van der Waals surface area (Å²) in [5.74, 6) is -4.35. The van der Waals surface area contributed by atoms with E-state index in [2.05, 4.69) is 15.6 Å². The summed E-state index contributed by atoms with van der Waals surface area (Å²) < 4.78 is 69.9. The average molecular weight is 1150 g/mol. The van der Waals surface area contributed by atoms with Gasteiger partial charge in [0.25, 0.3) is 11.8 Å². The van der Waals surface area contributed by atoms with E-state index in [4.69, 9.17) is 18.9 Å². The minimum absolute atomic E-state index is 0.000315. The molecule has 0 bridgehead atoms. The van der Waals surface area contributed by atoms with Crippen LogP contribution in [-0.4, -0.2) is 150 Å². The Balaban J connectivity index is 0.727. The Hall–Kier alpha value is -6.81. The Bertz CT molecular complexity index is 3150. The molecule has 5 amide bonds. The maximum atomic E-state index is 16.1. The largest absolute Gasteiger partial charge is 0.491 e.